The van der Waals surface area contributed by atoms with Crippen LogP contribution in [-0.4, -0.2) is 27.6 Å². The van der Waals surface area contributed by atoms with Crippen LogP contribution in [0.3, 0.4) is 0 Å². The molecule has 5 atom stereocenters. The maximum absolute atomic E-state index is 13.0. The van der Waals surface area contributed by atoms with Gasteiger partial charge in [0.15, 0.2) is 0 Å². The summed E-state index contributed by atoms with van der Waals surface area (Å²) in [6, 6.07) is 2.28. The van der Waals surface area contributed by atoms with Gasteiger partial charge in [0.25, 0.3) is 0 Å². The van der Waals surface area contributed by atoms with Gasteiger partial charge < -0.3 is 10.4 Å². The number of aryl methyl sites for hydroxylation is 1. The summed E-state index contributed by atoms with van der Waals surface area (Å²) in [5, 5.41) is 14.1. The van der Waals surface area contributed by atoms with Crippen molar-refractivity contribution in [1.82, 2.24) is 10.3 Å². The Bertz CT molecular complexity index is 653. The second kappa shape index (κ2) is 5.29. The van der Waals surface area contributed by atoms with E-state index in [4.69, 9.17) is 0 Å². The molecule has 4 aliphatic carbocycles. The van der Waals surface area contributed by atoms with Gasteiger partial charge in [-0.2, -0.15) is 0 Å². The van der Waals surface area contributed by atoms with E-state index in [0.29, 0.717) is 17.8 Å². The van der Waals surface area contributed by atoms with Gasteiger partial charge in [-0.1, -0.05) is 6.07 Å². The highest BCUT2D eigenvalue weighted by Crippen LogP contribution is 2.55. The van der Waals surface area contributed by atoms with E-state index in [1.54, 1.807) is 6.20 Å². The first kappa shape index (κ1) is 16.1. The highest BCUT2D eigenvalue weighted by Gasteiger charge is 2.55. The summed E-state index contributed by atoms with van der Waals surface area (Å²) in [6.45, 7) is 5.95. The molecule has 0 spiro atoms. The highest BCUT2D eigenvalue weighted by molar-refractivity contribution is 5.87. The van der Waals surface area contributed by atoms with Gasteiger partial charge in [0.05, 0.1) is 11.0 Å². The minimum atomic E-state index is -0.593. The number of pyridine rings is 1. The third kappa shape index (κ3) is 2.55. The normalized spacial score (nSPS) is 37.5. The predicted molar refractivity (Wildman–Crippen MR) is 92.4 cm³/mol. The fourth-order valence-electron chi connectivity index (χ4n) is 5.58. The van der Waals surface area contributed by atoms with Gasteiger partial charge in [-0.3, -0.25) is 9.78 Å². The van der Waals surface area contributed by atoms with Crippen molar-refractivity contribution in [3.8, 4) is 0 Å². The van der Waals surface area contributed by atoms with Crippen molar-refractivity contribution in [2.45, 2.75) is 69.9 Å². The number of carbonyl (C=O) groups is 1. The van der Waals surface area contributed by atoms with Gasteiger partial charge in [-0.25, -0.2) is 0 Å². The van der Waals surface area contributed by atoms with Crippen molar-refractivity contribution in [3.05, 3.63) is 29.6 Å². The average molecular weight is 328 g/mol. The third-order valence-corrected chi connectivity index (χ3v) is 6.70. The molecule has 0 saturated heterocycles. The van der Waals surface area contributed by atoms with Gasteiger partial charge >= 0.3 is 0 Å². The smallest absolute Gasteiger partial charge is 0.230 e. The van der Waals surface area contributed by atoms with Crippen LogP contribution in [0, 0.1) is 24.7 Å². The quantitative estimate of drug-likeness (QED) is 0.897. The number of hydrogen-bond donors (Lipinski definition) is 2. The zero-order valence-corrected chi connectivity index (χ0v) is 14.9. The van der Waals surface area contributed by atoms with Gasteiger partial charge in [0, 0.05) is 18.4 Å². The Morgan fingerprint density at radius 3 is 2.50 bits per heavy atom. The zero-order valence-electron chi connectivity index (χ0n) is 14.9. The Morgan fingerprint density at radius 2 is 1.92 bits per heavy atom. The maximum atomic E-state index is 13.0. The Kier molecular flexibility index (Phi) is 3.54. The van der Waals surface area contributed by atoms with Crippen molar-refractivity contribution in [3.63, 3.8) is 0 Å². The van der Waals surface area contributed by atoms with E-state index in [9.17, 15) is 9.90 Å². The maximum Gasteiger partial charge on any atom is 0.230 e. The first-order valence-electron chi connectivity index (χ1n) is 9.22. The van der Waals surface area contributed by atoms with E-state index in [1.807, 2.05) is 33.0 Å². The zero-order chi connectivity index (χ0) is 17.1. The Hall–Kier alpha value is -1.42. The van der Waals surface area contributed by atoms with Crippen LogP contribution in [0.1, 0.15) is 57.1 Å². The lowest BCUT2D eigenvalue weighted by Crippen LogP contribution is -2.62. The third-order valence-electron chi connectivity index (χ3n) is 6.70. The molecule has 4 saturated carbocycles. The van der Waals surface area contributed by atoms with E-state index in [1.165, 1.54) is 0 Å². The molecule has 4 fully saturated rings. The summed E-state index contributed by atoms with van der Waals surface area (Å²) in [5.41, 5.74) is 0.992. The van der Waals surface area contributed by atoms with Gasteiger partial charge in [-0.05, 0) is 81.8 Å². The summed E-state index contributed by atoms with van der Waals surface area (Å²) in [7, 11) is 0. The molecule has 4 bridgehead atoms. The standard InChI is InChI=1S/C20H28N2O2/c1-12-4-16(11-21-10-12)19(2,3)18(23)22-17-14-5-13-6-15(17)9-20(24,7-13)8-14/h4,10-11,13-15,17,24H,5-9H2,1-3H3,(H,22,23)/t13?,14-,15+,17+,20+. The highest BCUT2D eigenvalue weighted by atomic mass is 16.3. The molecule has 0 aliphatic heterocycles. The van der Waals surface area contributed by atoms with Crippen molar-refractivity contribution < 1.29 is 9.90 Å². The van der Waals surface area contributed by atoms with Crippen LogP contribution in [0.25, 0.3) is 0 Å². The largest absolute Gasteiger partial charge is 0.390 e. The average Bonchev–Trinajstić information content (AvgIpc) is 2.49. The molecule has 4 heteroatoms. The number of amides is 1. The van der Waals surface area contributed by atoms with Crippen molar-refractivity contribution >= 4 is 5.91 Å². The Balaban J connectivity index is 1.52. The number of aromatic nitrogens is 1. The first-order chi connectivity index (χ1) is 11.3. The molecule has 2 N–H and O–H groups in total. The first-order valence-corrected chi connectivity index (χ1v) is 9.22. The van der Waals surface area contributed by atoms with Gasteiger partial charge in [0.2, 0.25) is 5.91 Å². The Labute approximate surface area is 144 Å². The van der Waals surface area contributed by atoms with E-state index in [-0.39, 0.29) is 11.9 Å². The van der Waals surface area contributed by atoms with E-state index in [2.05, 4.69) is 10.3 Å². The van der Waals surface area contributed by atoms with Crippen LogP contribution in [0.2, 0.25) is 0 Å². The van der Waals surface area contributed by atoms with Gasteiger partial charge in [-0.15, -0.1) is 0 Å². The van der Waals surface area contributed by atoms with Crippen LogP contribution in [-0.2, 0) is 10.2 Å². The SMILES string of the molecule is Cc1cncc(C(C)(C)C(=O)N[C@H]2[C@@H]3CC4C[C@H]2C[C@](O)(C4)C3)c1. The molecule has 4 nitrogen and oxygen atoms in total. The second-order valence-corrected chi connectivity index (χ2v) is 9.07. The van der Waals surface area contributed by atoms with Crippen molar-refractivity contribution in [2.75, 3.05) is 0 Å². The molecule has 5 rings (SSSR count). The molecular formula is C20H28N2O2. The molecule has 0 radical (unpaired) electrons. The minimum absolute atomic E-state index is 0.0827. The predicted octanol–water partition coefficient (Wildman–Crippen LogP) is 2.72. The molecule has 130 valence electrons. The number of carbonyl (C=O) groups excluding carboxylic acids is 1. The Morgan fingerprint density at radius 1 is 1.25 bits per heavy atom. The number of rotatable bonds is 3. The van der Waals surface area contributed by atoms with Gasteiger partial charge in [0.1, 0.15) is 0 Å². The van der Waals surface area contributed by atoms with E-state index in [0.717, 1.165) is 43.2 Å². The molecule has 1 aromatic rings. The lowest BCUT2D eigenvalue weighted by atomic mass is 9.52. The summed E-state index contributed by atoms with van der Waals surface area (Å²) < 4.78 is 0. The molecule has 1 amide bonds. The molecule has 1 heterocycles. The lowest BCUT2D eigenvalue weighted by Gasteiger charge is -2.58. The van der Waals surface area contributed by atoms with Crippen LogP contribution < -0.4 is 5.32 Å². The monoisotopic (exact) mass is 328 g/mol. The lowest BCUT2D eigenvalue weighted by molar-refractivity contribution is -0.148. The van der Waals surface area contributed by atoms with Crippen molar-refractivity contribution in [1.29, 1.82) is 0 Å². The van der Waals surface area contributed by atoms with Crippen LogP contribution in [0.5, 0.6) is 0 Å². The molecule has 0 aromatic carbocycles. The number of nitrogens with one attached hydrogen (secondary N) is 1. The number of aliphatic hydroxyl groups is 1. The topological polar surface area (TPSA) is 62.2 Å². The molecule has 24 heavy (non-hydrogen) atoms. The number of nitrogens with zero attached hydrogens (tertiary/aromatic N) is 1. The molecule has 1 unspecified atom stereocenters. The number of hydrogen-bond acceptors (Lipinski definition) is 3. The van der Waals surface area contributed by atoms with Crippen LogP contribution in [0.15, 0.2) is 18.5 Å². The van der Waals surface area contributed by atoms with Crippen molar-refractivity contribution in [2.24, 2.45) is 17.8 Å². The molecule has 1 aromatic heterocycles. The summed E-state index contributed by atoms with van der Waals surface area (Å²) in [4.78, 5) is 17.3. The molecular weight excluding hydrogens is 300 g/mol. The summed E-state index contributed by atoms with van der Waals surface area (Å²) >= 11 is 0. The summed E-state index contributed by atoms with van der Waals surface area (Å²) in [6.07, 6.45) is 8.63. The van der Waals surface area contributed by atoms with E-state index < -0.39 is 11.0 Å². The molecule has 4 aliphatic rings. The van der Waals surface area contributed by atoms with Crippen LogP contribution >= 0.6 is 0 Å². The van der Waals surface area contributed by atoms with Crippen LogP contribution in [0.4, 0.5) is 0 Å². The minimum Gasteiger partial charge on any atom is -0.390 e. The second-order valence-electron chi connectivity index (χ2n) is 9.07. The van der Waals surface area contributed by atoms with E-state index >= 15 is 0 Å². The fourth-order valence-corrected chi connectivity index (χ4v) is 5.58. The summed E-state index contributed by atoms with van der Waals surface area (Å²) in [5.74, 6) is 1.63. The fraction of sp³-hybridized carbons (Fsp3) is 0.700.